The lowest BCUT2D eigenvalue weighted by Crippen LogP contribution is -2.64. The number of aliphatic hydroxyl groups excluding tert-OH is 1. The van der Waals surface area contributed by atoms with Crippen molar-refractivity contribution < 1.29 is 30.3 Å². The van der Waals surface area contributed by atoms with Crippen LogP contribution in [0.1, 0.15) is 33.3 Å². The fourth-order valence-electron chi connectivity index (χ4n) is 5.75. The van der Waals surface area contributed by atoms with Crippen molar-refractivity contribution in [3.8, 4) is 0 Å². The van der Waals surface area contributed by atoms with E-state index in [0.29, 0.717) is 0 Å². The Hall–Kier alpha value is -1.02. The summed E-state index contributed by atoms with van der Waals surface area (Å²) >= 11 is 0. The maximum atomic E-state index is 11.2. The SMILES string of the molecule is CC1(C)[C@]2(O)[C@@]3(O)C(C)(C)[C@@]3(O)[C@H](O)[C@@H](OCc3ccccc3)[C@@]12O. The summed E-state index contributed by atoms with van der Waals surface area (Å²) in [6, 6.07) is 9.24. The lowest BCUT2D eigenvalue weighted by atomic mass is 9.85. The van der Waals surface area contributed by atoms with Gasteiger partial charge in [-0.15, -0.1) is 0 Å². The Morgan fingerprint density at radius 1 is 0.840 bits per heavy atom. The van der Waals surface area contributed by atoms with E-state index in [1.54, 1.807) is 27.7 Å². The first-order valence-corrected chi connectivity index (χ1v) is 8.60. The Morgan fingerprint density at radius 3 is 1.88 bits per heavy atom. The Kier molecular flexibility index (Phi) is 2.97. The molecule has 138 valence electrons. The van der Waals surface area contributed by atoms with Crippen molar-refractivity contribution in [1.29, 1.82) is 0 Å². The van der Waals surface area contributed by atoms with E-state index >= 15 is 0 Å². The fourth-order valence-corrected chi connectivity index (χ4v) is 5.75. The normalized spacial score (nSPS) is 51.4. The van der Waals surface area contributed by atoms with Crippen LogP contribution in [0.3, 0.4) is 0 Å². The van der Waals surface area contributed by atoms with E-state index in [9.17, 15) is 25.5 Å². The van der Waals surface area contributed by atoms with Gasteiger partial charge < -0.3 is 30.3 Å². The molecule has 0 unspecified atom stereocenters. The van der Waals surface area contributed by atoms with Crippen molar-refractivity contribution in [2.75, 3.05) is 0 Å². The molecule has 1 aromatic carbocycles. The van der Waals surface area contributed by atoms with Crippen LogP contribution in [0, 0.1) is 10.8 Å². The molecule has 0 saturated heterocycles. The largest absolute Gasteiger partial charge is 0.387 e. The number of benzene rings is 1. The highest BCUT2D eigenvalue weighted by Gasteiger charge is 3.08. The summed E-state index contributed by atoms with van der Waals surface area (Å²) in [5, 5.41) is 55.4. The number of aliphatic hydroxyl groups is 5. The van der Waals surface area contributed by atoms with Gasteiger partial charge in [0, 0.05) is 10.8 Å². The summed E-state index contributed by atoms with van der Waals surface area (Å²) in [6.45, 7) is 6.46. The predicted octanol–water partition coefficient (Wildman–Crippen LogP) is -0.0497. The average molecular weight is 350 g/mol. The molecule has 0 bridgehead atoms. The van der Waals surface area contributed by atoms with Gasteiger partial charge in [0.2, 0.25) is 0 Å². The van der Waals surface area contributed by atoms with E-state index in [-0.39, 0.29) is 6.61 Å². The summed E-state index contributed by atoms with van der Waals surface area (Å²) in [5.74, 6) is 0. The number of hydrogen-bond acceptors (Lipinski definition) is 6. The Morgan fingerprint density at radius 2 is 1.32 bits per heavy atom. The first-order chi connectivity index (χ1) is 11.4. The molecule has 3 aliphatic carbocycles. The van der Waals surface area contributed by atoms with Crippen molar-refractivity contribution in [2.45, 2.75) is 68.9 Å². The maximum absolute atomic E-state index is 11.2. The minimum Gasteiger partial charge on any atom is -0.387 e. The van der Waals surface area contributed by atoms with Crippen LogP contribution < -0.4 is 0 Å². The lowest BCUT2D eigenvalue weighted by molar-refractivity contribution is -0.237. The molecule has 25 heavy (non-hydrogen) atoms. The molecule has 0 aromatic heterocycles. The number of ether oxygens (including phenoxy) is 1. The third-order valence-electron chi connectivity index (χ3n) is 7.62. The number of fused-ring (bicyclic) bond motifs is 3. The minimum absolute atomic E-state index is 0.103. The molecule has 5 N–H and O–H groups in total. The molecule has 4 rings (SSSR count). The summed E-state index contributed by atoms with van der Waals surface area (Å²) < 4.78 is 5.81. The van der Waals surface area contributed by atoms with Gasteiger partial charge in [0.1, 0.15) is 34.6 Å². The van der Waals surface area contributed by atoms with E-state index < -0.39 is 45.4 Å². The van der Waals surface area contributed by atoms with Gasteiger partial charge >= 0.3 is 0 Å². The molecule has 6 nitrogen and oxygen atoms in total. The van der Waals surface area contributed by atoms with E-state index in [4.69, 9.17) is 4.74 Å². The summed E-state index contributed by atoms with van der Waals surface area (Å²) in [4.78, 5) is 0. The Bertz CT molecular complexity index is 733. The highest BCUT2D eigenvalue weighted by atomic mass is 16.5. The monoisotopic (exact) mass is 350 g/mol. The van der Waals surface area contributed by atoms with Crippen LogP contribution >= 0.6 is 0 Å². The van der Waals surface area contributed by atoms with Gasteiger partial charge in [0.15, 0.2) is 0 Å². The minimum atomic E-state index is -2.02. The molecule has 0 radical (unpaired) electrons. The molecule has 3 fully saturated rings. The zero-order chi connectivity index (χ0) is 18.7. The summed E-state index contributed by atoms with van der Waals surface area (Å²) in [6.07, 6.45) is -2.77. The topological polar surface area (TPSA) is 110 Å². The van der Waals surface area contributed by atoms with Crippen molar-refractivity contribution in [1.82, 2.24) is 0 Å². The smallest absolute Gasteiger partial charge is 0.137 e. The van der Waals surface area contributed by atoms with Gasteiger partial charge in [-0.1, -0.05) is 58.0 Å². The quantitative estimate of drug-likeness (QED) is 0.523. The molecular formula is C19H26O6. The lowest BCUT2D eigenvalue weighted by Gasteiger charge is -2.40. The second-order valence-electron chi connectivity index (χ2n) is 8.87. The molecule has 6 atom stereocenters. The van der Waals surface area contributed by atoms with Crippen molar-refractivity contribution in [3.63, 3.8) is 0 Å². The van der Waals surface area contributed by atoms with E-state index in [1.807, 2.05) is 30.3 Å². The fraction of sp³-hybridized carbons (Fsp3) is 0.684. The van der Waals surface area contributed by atoms with Crippen molar-refractivity contribution in [2.24, 2.45) is 10.8 Å². The van der Waals surface area contributed by atoms with Gasteiger partial charge in [0.05, 0.1) is 6.61 Å². The summed E-state index contributed by atoms with van der Waals surface area (Å²) in [5.41, 5.74) is -9.35. The molecule has 1 aromatic rings. The zero-order valence-corrected chi connectivity index (χ0v) is 14.9. The van der Waals surface area contributed by atoms with Gasteiger partial charge in [-0.25, -0.2) is 0 Å². The Labute approximate surface area is 146 Å². The molecule has 0 aliphatic heterocycles. The molecule has 0 amide bonds. The van der Waals surface area contributed by atoms with Crippen molar-refractivity contribution in [3.05, 3.63) is 35.9 Å². The molecule has 0 heterocycles. The second-order valence-corrected chi connectivity index (χ2v) is 8.87. The highest BCUT2D eigenvalue weighted by Crippen LogP contribution is 2.87. The Balaban J connectivity index is 1.74. The van der Waals surface area contributed by atoms with E-state index in [0.717, 1.165) is 5.56 Å². The predicted molar refractivity (Wildman–Crippen MR) is 88.4 cm³/mol. The van der Waals surface area contributed by atoms with Crippen molar-refractivity contribution >= 4 is 0 Å². The van der Waals surface area contributed by atoms with Gasteiger partial charge in [-0.3, -0.25) is 0 Å². The number of hydrogen-bond donors (Lipinski definition) is 5. The van der Waals surface area contributed by atoms with Crippen LogP contribution in [-0.2, 0) is 11.3 Å². The first kappa shape index (κ1) is 17.4. The van der Waals surface area contributed by atoms with E-state index in [2.05, 4.69) is 0 Å². The van der Waals surface area contributed by atoms with Gasteiger partial charge in [-0.2, -0.15) is 0 Å². The van der Waals surface area contributed by atoms with E-state index in [1.165, 1.54) is 0 Å². The third kappa shape index (κ3) is 1.34. The molecular weight excluding hydrogens is 324 g/mol. The van der Waals surface area contributed by atoms with Gasteiger partial charge in [0.25, 0.3) is 0 Å². The van der Waals surface area contributed by atoms with Crippen LogP contribution in [0.25, 0.3) is 0 Å². The van der Waals surface area contributed by atoms with Crippen LogP contribution in [0.15, 0.2) is 30.3 Å². The number of rotatable bonds is 3. The second kappa shape index (κ2) is 4.27. The standard InChI is InChI=1S/C19H26O6/c1-14(2)16(21)12(20)13(25-10-11-8-6-5-7-9-11)17(22)15(3,4)19(17,24)18(14,16)23/h5-9,12-13,20-24H,10H2,1-4H3/t12-,13-,16+,17-,18-,19-/m1/s1. The van der Waals surface area contributed by atoms with Crippen LogP contribution in [0.2, 0.25) is 0 Å². The third-order valence-corrected chi connectivity index (χ3v) is 7.62. The highest BCUT2D eigenvalue weighted by molar-refractivity contribution is 5.58. The first-order valence-electron chi connectivity index (χ1n) is 8.60. The molecule has 0 spiro atoms. The molecule has 6 heteroatoms. The average Bonchev–Trinajstić information content (AvgIpc) is 3.12. The van der Waals surface area contributed by atoms with Crippen LogP contribution in [0.5, 0.6) is 0 Å². The van der Waals surface area contributed by atoms with Crippen LogP contribution in [-0.4, -0.2) is 60.1 Å². The van der Waals surface area contributed by atoms with Crippen LogP contribution in [0.4, 0.5) is 0 Å². The maximum Gasteiger partial charge on any atom is 0.137 e. The zero-order valence-electron chi connectivity index (χ0n) is 14.9. The molecule has 3 aliphatic rings. The molecule has 3 saturated carbocycles. The van der Waals surface area contributed by atoms with Gasteiger partial charge in [-0.05, 0) is 5.56 Å². The summed E-state index contributed by atoms with van der Waals surface area (Å²) in [7, 11) is 0.